The van der Waals surface area contributed by atoms with Crippen molar-refractivity contribution >= 4 is 5.91 Å². The zero-order valence-corrected chi connectivity index (χ0v) is 14.5. The second kappa shape index (κ2) is 4.20. The van der Waals surface area contributed by atoms with Crippen LogP contribution in [0.3, 0.4) is 0 Å². The van der Waals surface area contributed by atoms with Gasteiger partial charge in [0.1, 0.15) is 0 Å². The number of nitrogens with two attached hydrogens (primary N) is 1. The van der Waals surface area contributed by atoms with Crippen LogP contribution in [0.25, 0.3) is 0 Å². The molecule has 3 bridgehead atoms. The first-order valence-corrected chi connectivity index (χ1v) is 10.3. The Morgan fingerprint density at radius 1 is 1.12 bits per heavy atom. The summed E-state index contributed by atoms with van der Waals surface area (Å²) in [6, 6.07) is 0.118. The first-order valence-electron chi connectivity index (χ1n) is 10.3. The smallest absolute Gasteiger partial charge is 0.240 e. The minimum Gasteiger partial charge on any atom is -0.390 e. The Labute approximate surface area is 144 Å². The topological polar surface area (TPSA) is 66.6 Å². The van der Waals surface area contributed by atoms with E-state index in [4.69, 9.17) is 5.73 Å². The number of hydrogen-bond donors (Lipinski definition) is 2. The standard InChI is InChI=1S/C20H30N2O2/c21-16(17(23)22-15-7-13(15)10-19(22)5-6-19)18-4-3-14-2-1-12(8-18)9-20(14,24)11-18/h12-16,24H,1-11,21H2/t12?,13?,14?,15?,16-,18?,20?/m1/s1. The average Bonchev–Trinajstić information content (AvgIpc) is 3.43. The van der Waals surface area contributed by atoms with Gasteiger partial charge in [-0.05, 0) is 93.8 Å². The second-order valence-electron chi connectivity index (χ2n) is 10.4. The number of aliphatic hydroxyl groups is 1. The molecule has 4 heteroatoms. The molecular formula is C20H30N2O2. The zero-order valence-electron chi connectivity index (χ0n) is 14.5. The van der Waals surface area contributed by atoms with Crippen molar-refractivity contribution in [2.75, 3.05) is 0 Å². The fourth-order valence-electron chi connectivity index (χ4n) is 7.68. The molecule has 24 heavy (non-hydrogen) atoms. The summed E-state index contributed by atoms with van der Waals surface area (Å²) in [5.41, 5.74) is 6.28. The van der Waals surface area contributed by atoms with Crippen LogP contribution in [0.1, 0.15) is 70.6 Å². The molecule has 5 aliphatic carbocycles. The van der Waals surface area contributed by atoms with Crippen LogP contribution in [0.4, 0.5) is 0 Å². The highest BCUT2D eigenvalue weighted by atomic mass is 16.3. The van der Waals surface area contributed by atoms with E-state index in [0.29, 0.717) is 17.9 Å². The molecule has 6 fully saturated rings. The Kier molecular flexibility index (Phi) is 2.55. The van der Waals surface area contributed by atoms with Gasteiger partial charge in [0, 0.05) is 11.6 Å². The average molecular weight is 330 g/mol. The summed E-state index contributed by atoms with van der Waals surface area (Å²) in [4.78, 5) is 15.7. The Hall–Kier alpha value is -0.610. The summed E-state index contributed by atoms with van der Waals surface area (Å²) in [6.07, 6.45) is 12.2. The Morgan fingerprint density at radius 3 is 2.75 bits per heavy atom. The summed E-state index contributed by atoms with van der Waals surface area (Å²) >= 11 is 0. The van der Waals surface area contributed by atoms with E-state index in [-0.39, 0.29) is 22.9 Å². The molecule has 1 saturated heterocycles. The monoisotopic (exact) mass is 330 g/mol. The maximum atomic E-state index is 13.5. The van der Waals surface area contributed by atoms with Gasteiger partial charge >= 0.3 is 0 Å². The molecule has 1 heterocycles. The number of carbonyl (C=O) groups excluding carboxylic acids is 1. The van der Waals surface area contributed by atoms with Crippen LogP contribution in [0, 0.1) is 23.2 Å². The van der Waals surface area contributed by atoms with Crippen molar-refractivity contribution in [3.8, 4) is 0 Å². The summed E-state index contributed by atoms with van der Waals surface area (Å²) in [5, 5.41) is 11.2. The highest BCUT2D eigenvalue weighted by Gasteiger charge is 2.68. The van der Waals surface area contributed by atoms with Crippen LogP contribution in [0.15, 0.2) is 0 Å². The molecule has 1 spiro atoms. The number of piperidine rings is 1. The van der Waals surface area contributed by atoms with E-state index in [1.165, 1.54) is 38.5 Å². The van der Waals surface area contributed by atoms with Crippen molar-refractivity contribution in [2.24, 2.45) is 28.9 Å². The van der Waals surface area contributed by atoms with Gasteiger partial charge in [-0.1, -0.05) is 0 Å². The minimum atomic E-state index is -0.526. The third-order valence-corrected chi connectivity index (χ3v) is 9.03. The van der Waals surface area contributed by atoms with Crippen LogP contribution in [-0.4, -0.2) is 39.1 Å². The molecule has 0 aromatic rings. The number of fused-ring (bicyclic) bond motifs is 3. The van der Waals surface area contributed by atoms with Crippen molar-refractivity contribution in [1.29, 1.82) is 0 Å². The lowest BCUT2D eigenvalue weighted by molar-refractivity contribution is -0.180. The Balaban J connectivity index is 1.31. The fourth-order valence-corrected chi connectivity index (χ4v) is 7.68. The predicted octanol–water partition coefficient (Wildman–Crippen LogP) is 2.19. The number of amides is 1. The number of carbonyl (C=O) groups is 1. The van der Waals surface area contributed by atoms with Crippen molar-refractivity contribution in [2.45, 2.75) is 93.9 Å². The van der Waals surface area contributed by atoms with Crippen molar-refractivity contribution in [3.05, 3.63) is 0 Å². The van der Waals surface area contributed by atoms with E-state index in [1.807, 2.05) is 0 Å². The first-order chi connectivity index (χ1) is 11.4. The van der Waals surface area contributed by atoms with Gasteiger partial charge in [0.05, 0.1) is 11.6 Å². The number of hydrogen-bond acceptors (Lipinski definition) is 3. The molecule has 132 valence electrons. The predicted molar refractivity (Wildman–Crippen MR) is 90.0 cm³/mol. The van der Waals surface area contributed by atoms with Crippen LogP contribution >= 0.6 is 0 Å². The molecule has 1 amide bonds. The summed E-state index contributed by atoms with van der Waals surface area (Å²) in [7, 11) is 0. The highest BCUT2D eigenvalue weighted by molar-refractivity contribution is 5.85. The second-order valence-corrected chi connectivity index (χ2v) is 10.4. The third-order valence-electron chi connectivity index (χ3n) is 9.03. The number of nitrogens with zero attached hydrogens (tertiary/aromatic N) is 1. The Bertz CT molecular complexity index is 617. The van der Waals surface area contributed by atoms with E-state index >= 15 is 0 Å². The zero-order chi connectivity index (χ0) is 16.3. The van der Waals surface area contributed by atoms with Crippen LogP contribution < -0.4 is 5.73 Å². The van der Waals surface area contributed by atoms with Gasteiger partial charge in [0.25, 0.3) is 0 Å². The molecule has 5 saturated carbocycles. The molecule has 1 aliphatic heterocycles. The minimum absolute atomic E-state index is 0.130. The molecule has 6 rings (SSSR count). The molecule has 6 aliphatic rings. The molecule has 0 radical (unpaired) electrons. The van der Waals surface area contributed by atoms with Gasteiger partial charge < -0.3 is 15.7 Å². The van der Waals surface area contributed by atoms with E-state index in [1.54, 1.807) is 0 Å². The molecule has 3 N–H and O–H groups in total. The maximum absolute atomic E-state index is 13.5. The Morgan fingerprint density at radius 2 is 1.96 bits per heavy atom. The lowest BCUT2D eigenvalue weighted by Gasteiger charge is -2.60. The van der Waals surface area contributed by atoms with Gasteiger partial charge in [-0.2, -0.15) is 0 Å². The van der Waals surface area contributed by atoms with Gasteiger partial charge in [0.2, 0.25) is 5.91 Å². The van der Waals surface area contributed by atoms with Gasteiger partial charge in [-0.25, -0.2) is 0 Å². The number of likely N-dealkylation sites (tertiary alicyclic amines) is 1. The van der Waals surface area contributed by atoms with E-state index in [2.05, 4.69) is 4.90 Å². The summed E-state index contributed by atoms with van der Waals surface area (Å²) in [5.74, 6) is 2.05. The fraction of sp³-hybridized carbons (Fsp3) is 0.950. The third kappa shape index (κ3) is 1.70. The van der Waals surface area contributed by atoms with E-state index < -0.39 is 5.60 Å². The molecular weight excluding hydrogens is 300 g/mol. The normalized spacial score (nSPS) is 53.8. The van der Waals surface area contributed by atoms with Gasteiger partial charge in [0.15, 0.2) is 0 Å². The number of rotatable bonds is 2. The van der Waals surface area contributed by atoms with Crippen molar-refractivity contribution in [1.82, 2.24) is 4.90 Å². The van der Waals surface area contributed by atoms with Crippen LogP contribution in [-0.2, 0) is 4.79 Å². The summed E-state index contributed by atoms with van der Waals surface area (Å²) < 4.78 is 0. The van der Waals surface area contributed by atoms with Crippen LogP contribution in [0.2, 0.25) is 0 Å². The quantitative estimate of drug-likeness (QED) is 0.815. The maximum Gasteiger partial charge on any atom is 0.240 e. The van der Waals surface area contributed by atoms with E-state index in [0.717, 1.165) is 38.0 Å². The molecule has 4 nitrogen and oxygen atoms in total. The highest BCUT2D eigenvalue weighted by Crippen LogP contribution is 2.64. The van der Waals surface area contributed by atoms with Crippen LogP contribution in [0.5, 0.6) is 0 Å². The molecule has 7 atom stereocenters. The molecule has 0 aromatic carbocycles. The van der Waals surface area contributed by atoms with E-state index in [9.17, 15) is 9.90 Å². The van der Waals surface area contributed by atoms with Gasteiger partial charge in [-0.15, -0.1) is 0 Å². The molecule has 0 aromatic heterocycles. The summed E-state index contributed by atoms with van der Waals surface area (Å²) in [6.45, 7) is 0. The molecule has 6 unspecified atom stereocenters. The largest absolute Gasteiger partial charge is 0.390 e. The lowest BCUT2D eigenvalue weighted by atomic mass is 9.47. The van der Waals surface area contributed by atoms with Gasteiger partial charge in [-0.3, -0.25) is 4.79 Å². The first kappa shape index (κ1) is 14.5. The van der Waals surface area contributed by atoms with Crippen molar-refractivity contribution < 1.29 is 9.90 Å². The van der Waals surface area contributed by atoms with Crippen molar-refractivity contribution in [3.63, 3.8) is 0 Å². The lowest BCUT2D eigenvalue weighted by Crippen LogP contribution is -2.64. The SMILES string of the molecule is N[C@H](C(=O)N1C2CC2CC12CC2)C12CCC3CCC(CC3(O)C1)C2.